The molecule has 0 bridgehead atoms. The summed E-state index contributed by atoms with van der Waals surface area (Å²) < 4.78 is 44.7. The van der Waals surface area contributed by atoms with Crippen molar-refractivity contribution < 1.29 is 13.2 Å². The summed E-state index contributed by atoms with van der Waals surface area (Å²) in [6.45, 7) is 6.74. The third kappa shape index (κ3) is 8.52. The Labute approximate surface area is 272 Å². The number of thiophene rings is 3. The van der Waals surface area contributed by atoms with Gasteiger partial charge in [0.2, 0.25) is 0 Å². The number of nitrogens with two attached hydrogens (primary N) is 1. The van der Waals surface area contributed by atoms with Gasteiger partial charge in [0.1, 0.15) is 5.70 Å². The Balaban J connectivity index is 1.77. The van der Waals surface area contributed by atoms with Crippen molar-refractivity contribution in [3.05, 3.63) is 51.8 Å². The number of aromatic nitrogens is 1. The minimum Gasteiger partial charge on any atom is -0.395 e. The SMILES string of the molecule is CCCCCCc1sc2c(sc3c(CCCCCC)c(-c4ccnc(C(=N)C=C(N)C(F)(F)F)c4)sc32)c1CCCCCC. The van der Waals surface area contributed by atoms with Gasteiger partial charge in [-0.15, -0.1) is 34.0 Å². The van der Waals surface area contributed by atoms with Crippen LogP contribution in [-0.4, -0.2) is 16.9 Å². The summed E-state index contributed by atoms with van der Waals surface area (Å²) in [4.78, 5) is 6.94. The Bertz CT molecular complexity index is 1560. The van der Waals surface area contributed by atoms with Crippen LogP contribution in [0.25, 0.3) is 29.2 Å². The standard InChI is InChI=1S/C35H46F3N3S3/c1-4-7-10-13-16-24-28(18-15-12-9-6-3)42-33-31(24)44-32-25(17-14-11-8-5-2)30(43-34(32)33)23-19-20-41-27(21-23)26(39)22-29(40)35(36,37)38/h19-22,39H,4-18,40H2,1-3H3. The average molecular weight is 662 g/mol. The number of allylic oxidation sites excluding steroid dienone is 2. The molecule has 4 aromatic rings. The molecule has 0 fully saturated rings. The van der Waals surface area contributed by atoms with E-state index in [4.69, 9.17) is 11.1 Å². The number of hydrogen-bond donors (Lipinski definition) is 2. The fourth-order valence-corrected chi connectivity index (χ4v) is 10.4. The molecule has 4 aromatic heterocycles. The number of nitrogens with one attached hydrogen (secondary N) is 1. The fraction of sp³-hybridized carbons (Fsp3) is 0.543. The summed E-state index contributed by atoms with van der Waals surface area (Å²) in [6.07, 6.45) is 15.6. The third-order valence-electron chi connectivity index (χ3n) is 8.15. The van der Waals surface area contributed by atoms with Crippen LogP contribution in [0.3, 0.4) is 0 Å². The van der Waals surface area contributed by atoms with E-state index in [2.05, 4.69) is 25.8 Å². The summed E-state index contributed by atoms with van der Waals surface area (Å²) in [6, 6.07) is 3.67. The average Bonchev–Trinajstić information content (AvgIpc) is 3.64. The van der Waals surface area contributed by atoms with Crippen molar-refractivity contribution in [2.45, 2.75) is 123 Å². The zero-order valence-electron chi connectivity index (χ0n) is 26.3. The van der Waals surface area contributed by atoms with E-state index in [1.807, 2.05) is 28.7 Å². The first kappa shape index (κ1) is 34.6. The van der Waals surface area contributed by atoms with Crippen LogP contribution in [0.2, 0.25) is 0 Å². The number of aryl methyl sites for hydroxylation is 3. The van der Waals surface area contributed by atoms with Crippen molar-refractivity contribution in [2.24, 2.45) is 5.73 Å². The van der Waals surface area contributed by atoms with Gasteiger partial charge >= 0.3 is 6.18 Å². The van der Waals surface area contributed by atoms with Crippen LogP contribution < -0.4 is 5.73 Å². The molecule has 240 valence electrons. The summed E-state index contributed by atoms with van der Waals surface area (Å²) in [5, 5.41) is 8.27. The van der Waals surface area contributed by atoms with Crippen LogP contribution in [0.15, 0.2) is 30.1 Å². The first-order valence-electron chi connectivity index (χ1n) is 16.3. The number of fused-ring (bicyclic) bond motifs is 3. The number of rotatable bonds is 18. The van der Waals surface area contributed by atoms with E-state index in [0.29, 0.717) is 6.08 Å². The van der Waals surface area contributed by atoms with Crippen molar-refractivity contribution in [3.8, 4) is 10.4 Å². The molecule has 4 heterocycles. The van der Waals surface area contributed by atoms with E-state index in [9.17, 15) is 13.2 Å². The molecular weight excluding hydrogens is 616 g/mol. The highest BCUT2D eigenvalue weighted by atomic mass is 32.1. The summed E-state index contributed by atoms with van der Waals surface area (Å²) in [5.74, 6) is 0. The Hall–Kier alpha value is -2.23. The predicted molar refractivity (Wildman–Crippen MR) is 187 cm³/mol. The maximum Gasteiger partial charge on any atom is 0.430 e. The van der Waals surface area contributed by atoms with Gasteiger partial charge in [-0.05, 0) is 73.4 Å². The Morgan fingerprint density at radius 3 is 1.95 bits per heavy atom. The molecule has 9 heteroatoms. The minimum atomic E-state index is -4.68. The molecule has 0 radical (unpaired) electrons. The van der Waals surface area contributed by atoms with Crippen molar-refractivity contribution in [1.82, 2.24) is 4.98 Å². The molecule has 0 unspecified atom stereocenters. The molecule has 0 aromatic carbocycles. The molecule has 3 nitrogen and oxygen atoms in total. The maximum absolute atomic E-state index is 13.0. The lowest BCUT2D eigenvalue weighted by molar-refractivity contribution is -0.0925. The van der Waals surface area contributed by atoms with Crippen LogP contribution in [0.5, 0.6) is 0 Å². The lowest BCUT2D eigenvalue weighted by Gasteiger charge is -2.08. The molecule has 0 amide bonds. The molecular formula is C35H46F3N3S3. The summed E-state index contributed by atoms with van der Waals surface area (Å²) in [7, 11) is 0. The number of pyridine rings is 1. The van der Waals surface area contributed by atoms with Gasteiger partial charge < -0.3 is 5.73 Å². The molecule has 0 aliphatic heterocycles. The van der Waals surface area contributed by atoms with Crippen molar-refractivity contribution >= 4 is 58.5 Å². The molecule has 0 atom stereocenters. The van der Waals surface area contributed by atoms with Crippen LogP contribution in [0, 0.1) is 5.41 Å². The van der Waals surface area contributed by atoms with Crippen LogP contribution in [0.1, 0.15) is 120 Å². The van der Waals surface area contributed by atoms with Gasteiger partial charge in [0, 0.05) is 16.0 Å². The second-order valence-corrected chi connectivity index (χ2v) is 14.9. The third-order valence-corrected chi connectivity index (χ3v) is 12.5. The normalized spacial score (nSPS) is 12.6. The number of alkyl halides is 3. The predicted octanol–water partition coefficient (Wildman–Crippen LogP) is 12.4. The largest absolute Gasteiger partial charge is 0.430 e. The van der Waals surface area contributed by atoms with Crippen molar-refractivity contribution in [2.75, 3.05) is 0 Å². The van der Waals surface area contributed by atoms with Crippen molar-refractivity contribution in [3.63, 3.8) is 0 Å². The van der Waals surface area contributed by atoms with Gasteiger partial charge in [-0.3, -0.25) is 10.4 Å². The van der Waals surface area contributed by atoms with E-state index in [1.165, 1.54) is 95.0 Å². The molecule has 0 saturated heterocycles. The molecule has 0 aliphatic carbocycles. The van der Waals surface area contributed by atoms with Crippen LogP contribution in [-0.2, 0) is 19.3 Å². The lowest BCUT2D eigenvalue weighted by atomic mass is 10.0. The van der Waals surface area contributed by atoms with E-state index in [-0.39, 0.29) is 11.4 Å². The van der Waals surface area contributed by atoms with Crippen molar-refractivity contribution in [1.29, 1.82) is 5.41 Å². The van der Waals surface area contributed by atoms with E-state index in [0.717, 1.165) is 36.1 Å². The van der Waals surface area contributed by atoms with Gasteiger partial charge in [0.15, 0.2) is 0 Å². The summed E-state index contributed by atoms with van der Waals surface area (Å²) in [5.41, 5.74) is 7.59. The first-order chi connectivity index (χ1) is 21.2. The van der Waals surface area contributed by atoms with Gasteiger partial charge in [-0.2, -0.15) is 13.2 Å². The second-order valence-electron chi connectivity index (χ2n) is 11.7. The van der Waals surface area contributed by atoms with E-state index in [1.54, 1.807) is 34.0 Å². The highest BCUT2D eigenvalue weighted by Gasteiger charge is 2.32. The zero-order valence-corrected chi connectivity index (χ0v) is 28.7. The smallest absolute Gasteiger partial charge is 0.395 e. The monoisotopic (exact) mass is 661 g/mol. The number of halogens is 3. The molecule has 0 saturated carbocycles. The fourth-order valence-electron chi connectivity index (χ4n) is 5.68. The molecule has 0 aliphatic rings. The number of unbranched alkanes of at least 4 members (excludes halogenated alkanes) is 9. The van der Waals surface area contributed by atoms with Gasteiger partial charge in [0.25, 0.3) is 0 Å². The van der Waals surface area contributed by atoms with E-state index < -0.39 is 11.9 Å². The Kier molecular flexibility index (Phi) is 12.9. The number of hydrogen-bond acceptors (Lipinski definition) is 6. The first-order valence-corrected chi connectivity index (χ1v) is 18.7. The van der Waals surface area contributed by atoms with Crippen LogP contribution >= 0.6 is 34.0 Å². The highest BCUT2D eigenvalue weighted by molar-refractivity contribution is 7.39. The molecule has 44 heavy (non-hydrogen) atoms. The van der Waals surface area contributed by atoms with Gasteiger partial charge in [-0.1, -0.05) is 78.6 Å². The lowest BCUT2D eigenvalue weighted by Crippen LogP contribution is -2.20. The minimum absolute atomic E-state index is 0.188. The van der Waals surface area contributed by atoms with Gasteiger partial charge in [0.05, 0.1) is 30.2 Å². The molecule has 0 spiro atoms. The number of nitrogens with zero attached hydrogens (tertiary/aromatic N) is 1. The highest BCUT2D eigenvalue weighted by Crippen LogP contribution is 2.51. The molecule has 3 N–H and O–H groups in total. The summed E-state index contributed by atoms with van der Waals surface area (Å²) >= 11 is 5.75. The molecule has 4 rings (SSSR count). The zero-order chi connectivity index (χ0) is 31.7. The van der Waals surface area contributed by atoms with Gasteiger partial charge in [-0.25, -0.2) is 0 Å². The quantitative estimate of drug-likeness (QED) is 0.0823. The van der Waals surface area contributed by atoms with Crippen LogP contribution in [0.4, 0.5) is 13.2 Å². The Morgan fingerprint density at radius 2 is 1.34 bits per heavy atom. The Morgan fingerprint density at radius 1 is 0.773 bits per heavy atom. The van der Waals surface area contributed by atoms with E-state index >= 15 is 0 Å². The second kappa shape index (κ2) is 16.4. The topological polar surface area (TPSA) is 62.8 Å². The maximum atomic E-state index is 13.0.